The molecule has 22 heavy (non-hydrogen) atoms. The number of hydrogen-bond acceptors (Lipinski definition) is 5. The van der Waals surface area contributed by atoms with Crippen molar-refractivity contribution in [2.24, 2.45) is 7.05 Å². The number of aromatic nitrogens is 2. The van der Waals surface area contributed by atoms with E-state index in [1.54, 1.807) is 32.6 Å². The summed E-state index contributed by atoms with van der Waals surface area (Å²) >= 11 is 3.38. The van der Waals surface area contributed by atoms with Crippen LogP contribution in [0.5, 0.6) is 0 Å². The highest BCUT2D eigenvalue weighted by Gasteiger charge is 2.06. The summed E-state index contributed by atoms with van der Waals surface area (Å²) < 4.78 is 7.40. The van der Waals surface area contributed by atoms with Crippen LogP contribution in [0.25, 0.3) is 0 Å². The second-order valence-corrected chi connectivity index (χ2v) is 5.84. The molecule has 0 atom stereocenters. The highest BCUT2D eigenvalue weighted by atomic mass is 79.9. The molecule has 2 rings (SSSR count). The topological polar surface area (TPSA) is 59.4 Å². The van der Waals surface area contributed by atoms with Gasteiger partial charge in [0.25, 0.3) is 5.56 Å². The summed E-state index contributed by atoms with van der Waals surface area (Å²) in [7, 11) is 5.37. The third-order valence-electron chi connectivity index (χ3n) is 3.23. The maximum Gasteiger partial charge on any atom is 0.274 e. The van der Waals surface area contributed by atoms with Crippen molar-refractivity contribution in [1.82, 2.24) is 9.55 Å². The van der Waals surface area contributed by atoms with E-state index in [4.69, 9.17) is 4.74 Å². The molecule has 0 spiro atoms. The molecule has 0 unspecified atom stereocenters. The first-order valence-corrected chi connectivity index (χ1v) is 7.60. The Balaban J connectivity index is 2.13. The highest BCUT2D eigenvalue weighted by Crippen LogP contribution is 2.18. The molecule has 2 aromatic rings. The van der Waals surface area contributed by atoms with Gasteiger partial charge in [0.1, 0.15) is 11.5 Å². The number of nitrogens with zero attached hydrogens (tertiary/aromatic N) is 3. The highest BCUT2D eigenvalue weighted by molar-refractivity contribution is 9.10. The van der Waals surface area contributed by atoms with E-state index in [9.17, 15) is 4.79 Å². The molecule has 7 heteroatoms. The van der Waals surface area contributed by atoms with Crippen molar-refractivity contribution in [3.8, 4) is 0 Å². The van der Waals surface area contributed by atoms with Crippen molar-refractivity contribution >= 4 is 33.1 Å². The Morgan fingerprint density at radius 3 is 2.86 bits per heavy atom. The molecule has 2 heterocycles. The van der Waals surface area contributed by atoms with E-state index in [-0.39, 0.29) is 5.56 Å². The van der Waals surface area contributed by atoms with E-state index in [0.29, 0.717) is 18.1 Å². The van der Waals surface area contributed by atoms with Crippen LogP contribution < -0.4 is 15.8 Å². The van der Waals surface area contributed by atoms with Crippen molar-refractivity contribution < 1.29 is 4.74 Å². The Bertz CT molecular complexity index is 685. The minimum Gasteiger partial charge on any atom is -0.383 e. The zero-order valence-electron chi connectivity index (χ0n) is 12.8. The van der Waals surface area contributed by atoms with Gasteiger partial charge in [0.05, 0.1) is 18.5 Å². The SMILES string of the molecule is COCCN(C)c1ccc(Nc2cc(Br)cn(C)c2=O)nc1. The lowest BCUT2D eigenvalue weighted by atomic mass is 10.3. The van der Waals surface area contributed by atoms with Crippen molar-refractivity contribution in [3.05, 3.63) is 45.4 Å². The Morgan fingerprint density at radius 2 is 2.23 bits per heavy atom. The van der Waals surface area contributed by atoms with Crippen LogP contribution in [0.2, 0.25) is 0 Å². The molecule has 0 fully saturated rings. The molecular formula is C15H19BrN4O2. The number of aryl methyl sites for hydroxylation is 1. The number of ether oxygens (including phenoxy) is 1. The van der Waals surface area contributed by atoms with Crippen LogP contribution in [0.1, 0.15) is 0 Å². The molecule has 0 amide bonds. The van der Waals surface area contributed by atoms with Crippen molar-refractivity contribution in [2.45, 2.75) is 0 Å². The Kier molecular flexibility index (Phi) is 5.57. The van der Waals surface area contributed by atoms with E-state index in [0.717, 1.165) is 16.7 Å². The zero-order chi connectivity index (χ0) is 16.1. The van der Waals surface area contributed by atoms with Crippen molar-refractivity contribution in [2.75, 3.05) is 37.5 Å². The van der Waals surface area contributed by atoms with Crippen molar-refractivity contribution in [3.63, 3.8) is 0 Å². The number of methoxy groups -OCH3 is 1. The van der Waals surface area contributed by atoms with Crippen LogP contribution >= 0.6 is 15.9 Å². The summed E-state index contributed by atoms with van der Waals surface area (Å²) in [5, 5.41) is 3.05. The van der Waals surface area contributed by atoms with Gasteiger partial charge in [0, 0.05) is 38.4 Å². The second-order valence-electron chi connectivity index (χ2n) is 4.93. The van der Waals surface area contributed by atoms with Gasteiger partial charge < -0.3 is 19.5 Å². The number of halogens is 1. The van der Waals surface area contributed by atoms with Gasteiger partial charge in [-0.15, -0.1) is 0 Å². The maximum absolute atomic E-state index is 12.0. The van der Waals surface area contributed by atoms with E-state index in [1.807, 2.05) is 19.2 Å². The number of rotatable bonds is 6. The quantitative estimate of drug-likeness (QED) is 0.850. The number of pyridine rings is 2. The molecule has 0 aromatic carbocycles. The van der Waals surface area contributed by atoms with E-state index in [2.05, 4.69) is 31.1 Å². The monoisotopic (exact) mass is 366 g/mol. The molecule has 0 bridgehead atoms. The predicted octanol–water partition coefficient (Wildman–Crippen LogP) is 2.37. The van der Waals surface area contributed by atoms with Crippen LogP contribution in [-0.4, -0.2) is 36.9 Å². The van der Waals surface area contributed by atoms with Gasteiger partial charge in [-0.25, -0.2) is 4.98 Å². The van der Waals surface area contributed by atoms with Crippen LogP contribution in [0.4, 0.5) is 17.2 Å². The lowest BCUT2D eigenvalue weighted by Gasteiger charge is -2.18. The van der Waals surface area contributed by atoms with E-state index in [1.165, 1.54) is 4.57 Å². The smallest absolute Gasteiger partial charge is 0.274 e. The summed E-state index contributed by atoms with van der Waals surface area (Å²) in [6.07, 6.45) is 3.48. The van der Waals surface area contributed by atoms with Gasteiger partial charge >= 0.3 is 0 Å². The lowest BCUT2D eigenvalue weighted by Crippen LogP contribution is -2.22. The molecule has 0 radical (unpaired) electrons. The number of nitrogens with one attached hydrogen (secondary N) is 1. The van der Waals surface area contributed by atoms with Gasteiger partial charge in [-0.05, 0) is 34.1 Å². The third kappa shape index (κ3) is 4.08. The molecular weight excluding hydrogens is 348 g/mol. The molecule has 1 N–H and O–H groups in total. The minimum atomic E-state index is -0.105. The average molecular weight is 367 g/mol. The summed E-state index contributed by atoms with van der Waals surface area (Å²) in [5.74, 6) is 0.624. The number of likely N-dealkylation sites (N-methyl/N-ethyl adjacent to an activating group) is 1. The molecule has 0 aliphatic carbocycles. The largest absolute Gasteiger partial charge is 0.383 e. The Labute approximate surface area is 137 Å². The van der Waals surface area contributed by atoms with Gasteiger partial charge in [-0.1, -0.05) is 0 Å². The van der Waals surface area contributed by atoms with Gasteiger partial charge in [0.15, 0.2) is 0 Å². The standard InChI is InChI=1S/C15H19BrN4O2/c1-19(6-7-22-3)12-4-5-14(17-9-12)18-13-8-11(16)10-20(2)15(13)21/h4-5,8-10H,6-7H2,1-3H3,(H,17,18). The molecule has 0 aliphatic heterocycles. The molecule has 0 saturated heterocycles. The fourth-order valence-electron chi connectivity index (χ4n) is 1.94. The zero-order valence-corrected chi connectivity index (χ0v) is 14.4. The Hall–Kier alpha value is -1.86. The summed E-state index contributed by atoms with van der Waals surface area (Å²) in [6.45, 7) is 1.45. The molecule has 2 aromatic heterocycles. The second kappa shape index (κ2) is 7.42. The van der Waals surface area contributed by atoms with Crippen LogP contribution in [0.15, 0.2) is 39.9 Å². The van der Waals surface area contributed by atoms with Gasteiger partial charge in [-0.2, -0.15) is 0 Å². The fourth-order valence-corrected chi connectivity index (χ4v) is 2.48. The maximum atomic E-state index is 12.0. The van der Waals surface area contributed by atoms with E-state index < -0.39 is 0 Å². The van der Waals surface area contributed by atoms with Gasteiger partial charge in [-0.3, -0.25) is 4.79 Å². The fraction of sp³-hybridized carbons (Fsp3) is 0.333. The normalized spacial score (nSPS) is 10.5. The van der Waals surface area contributed by atoms with Gasteiger partial charge in [0.2, 0.25) is 0 Å². The first kappa shape index (κ1) is 16.5. The number of anilines is 3. The van der Waals surface area contributed by atoms with Crippen LogP contribution in [0.3, 0.4) is 0 Å². The lowest BCUT2D eigenvalue weighted by molar-refractivity contribution is 0.206. The predicted molar refractivity (Wildman–Crippen MR) is 92.0 cm³/mol. The summed E-state index contributed by atoms with van der Waals surface area (Å²) in [6, 6.07) is 5.54. The Morgan fingerprint density at radius 1 is 1.45 bits per heavy atom. The van der Waals surface area contributed by atoms with E-state index >= 15 is 0 Å². The summed E-state index contributed by atoms with van der Waals surface area (Å²) in [4.78, 5) is 18.4. The first-order chi connectivity index (χ1) is 10.5. The minimum absolute atomic E-state index is 0.105. The van der Waals surface area contributed by atoms with Crippen molar-refractivity contribution in [1.29, 1.82) is 0 Å². The summed E-state index contributed by atoms with van der Waals surface area (Å²) in [5.41, 5.74) is 1.36. The molecule has 0 saturated carbocycles. The molecule has 6 nitrogen and oxygen atoms in total. The molecule has 118 valence electrons. The molecule has 0 aliphatic rings. The van der Waals surface area contributed by atoms with Crippen LogP contribution in [-0.2, 0) is 11.8 Å². The first-order valence-electron chi connectivity index (χ1n) is 6.80. The van der Waals surface area contributed by atoms with Crippen LogP contribution in [0, 0.1) is 0 Å². The average Bonchev–Trinajstić information content (AvgIpc) is 2.50. The number of hydrogen-bond donors (Lipinski definition) is 1. The third-order valence-corrected chi connectivity index (χ3v) is 3.67.